The van der Waals surface area contributed by atoms with E-state index in [-0.39, 0.29) is 11.6 Å². The van der Waals surface area contributed by atoms with Crippen molar-refractivity contribution in [3.63, 3.8) is 0 Å². The topological polar surface area (TPSA) is 87.0 Å². The van der Waals surface area contributed by atoms with Crippen molar-refractivity contribution in [3.05, 3.63) is 42.1 Å². The number of carbonyl (C=O) groups is 2. The van der Waals surface area contributed by atoms with Crippen LogP contribution in [0.3, 0.4) is 0 Å². The Bertz CT molecular complexity index is 929. The van der Waals surface area contributed by atoms with Crippen LogP contribution in [0.25, 0.3) is 22.0 Å². The van der Waals surface area contributed by atoms with Gasteiger partial charge in [0.25, 0.3) is 0 Å². The van der Waals surface area contributed by atoms with Gasteiger partial charge in [-0.3, -0.25) is 9.48 Å². The van der Waals surface area contributed by atoms with E-state index < -0.39 is 5.97 Å². The first kappa shape index (κ1) is 15.8. The molecule has 2 heterocycles. The van der Waals surface area contributed by atoms with Crippen molar-refractivity contribution in [1.82, 2.24) is 19.7 Å². The highest BCUT2D eigenvalue weighted by Crippen LogP contribution is 2.26. The van der Waals surface area contributed by atoms with Gasteiger partial charge in [-0.25, -0.2) is 14.8 Å². The maximum absolute atomic E-state index is 11.8. The van der Waals surface area contributed by atoms with Crippen molar-refractivity contribution in [2.45, 2.75) is 20.4 Å². The first-order valence-corrected chi connectivity index (χ1v) is 7.47. The van der Waals surface area contributed by atoms with Crippen molar-refractivity contribution in [1.29, 1.82) is 0 Å². The van der Waals surface area contributed by atoms with Crippen molar-refractivity contribution >= 4 is 22.7 Å². The number of hydrogen-bond acceptors (Lipinski definition) is 6. The highest BCUT2D eigenvalue weighted by molar-refractivity contribution is 6.05. The zero-order valence-corrected chi connectivity index (χ0v) is 13.6. The molecule has 0 aliphatic heterocycles. The molecule has 0 unspecified atom stereocenters. The van der Waals surface area contributed by atoms with Gasteiger partial charge in [0.05, 0.1) is 12.6 Å². The van der Waals surface area contributed by atoms with Crippen LogP contribution in [0.2, 0.25) is 0 Å². The summed E-state index contributed by atoms with van der Waals surface area (Å²) in [7, 11) is 1.28. The van der Waals surface area contributed by atoms with Crippen LogP contribution in [0.15, 0.2) is 30.6 Å². The maximum Gasteiger partial charge on any atom is 0.376 e. The van der Waals surface area contributed by atoms with Crippen molar-refractivity contribution in [3.8, 4) is 11.1 Å². The number of esters is 1. The first-order valence-electron chi connectivity index (χ1n) is 7.47. The van der Waals surface area contributed by atoms with E-state index in [2.05, 4.69) is 19.8 Å². The van der Waals surface area contributed by atoms with Gasteiger partial charge in [-0.2, -0.15) is 5.10 Å². The number of benzene rings is 1. The third-order valence-corrected chi connectivity index (χ3v) is 3.74. The van der Waals surface area contributed by atoms with Gasteiger partial charge >= 0.3 is 5.97 Å². The van der Waals surface area contributed by atoms with Gasteiger partial charge in [0, 0.05) is 36.8 Å². The fourth-order valence-electron chi connectivity index (χ4n) is 2.53. The SMILES string of the molecule is CCn1nc(C(C)=O)c2cc(-c3cnc(C(=O)OC)nc3)ccc21. The van der Waals surface area contributed by atoms with Crippen LogP contribution in [0, 0.1) is 0 Å². The predicted molar refractivity (Wildman–Crippen MR) is 87.8 cm³/mol. The second-order valence-corrected chi connectivity index (χ2v) is 5.24. The summed E-state index contributed by atoms with van der Waals surface area (Å²) in [5, 5.41) is 5.16. The molecule has 0 saturated heterocycles. The van der Waals surface area contributed by atoms with Crippen LogP contribution < -0.4 is 0 Å². The number of rotatable bonds is 4. The summed E-state index contributed by atoms with van der Waals surface area (Å²) in [5.41, 5.74) is 2.93. The fraction of sp³-hybridized carbons (Fsp3) is 0.235. The van der Waals surface area contributed by atoms with Gasteiger partial charge in [0.2, 0.25) is 5.82 Å². The van der Waals surface area contributed by atoms with E-state index in [0.717, 1.165) is 22.0 Å². The van der Waals surface area contributed by atoms with Gasteiger partial charge in [0.1, 0.15) is 5.69 Å². The third-order valence-electron chi connectivity index (χ3n) is 3.74. The molecule has 0 spiro atoms. The van der Waals surface area contributed by atoms with Gasteiger partial charge in [-0.1, -0.05) is 6.07 Å². The Kier molecular flexibility index (Phi) is 4.07. The first-order chi connectivity index (χ1) is 11.5. The van der Waals surface area contributed by atoms with Crippen LogP contribution in [0.1, 0.15) is 35.0 Å². The van der Waals surface area contributed by atoms with Gasteiger partial charge in [-0.15, -0.1) is 0 Å². The lowest BCUT2D eigenvalue weighted by Crippen LogP contribution is -2.06. The minimum absolute atomic E-state index is 0.00514. The molecule has 0 saturated carbocycles. The molecule has 3 rings (SSSR count). The summed E-state index contributed by atoms with van der Waals surface area (Å²) in [5.74, 6) is -0.660. The molecule has 24 heavy (non-hydrogen) atoms. The average molecular weight is 324 g/mol. The zero-order chi connectivity index (χ0) is 17.3. The summed E-state index contributed by atoms with van der Waals surface area (Å²) in [4.78, 5) is 31.3. The number of Topliss-reactive ketones (excluding diaryl/α,β-unsaturated/α-hetero) is 1. The summed E-state index contributed by atoms with van der Waals surface area (Å²) in [6.07, 6.45) is 3.11. The zero-order valence-electron chi connectivity index (χ0n) is 13.6. The number of ketones is 1. The second kappa shape index (κ2) is 6.19. The number of nitrogens with zero attached hydrogens (tertiary/aromatic N) is 4. The lowest BCUT2D eigenvalue weighted by Gasteiger charge is -2.04. The molecule has 1 aromatic carbocycles. The summed E-state index contributed by atoms with van der Waals surface area (Å²) >= 11 is 0. The number of carbonyl (C=O) groups excluding carboxylic acids is 2. The molecule has 0 fully saturated rings. The predicted octanol–water partition coefficient (Wildman–Crippen LogP) is 2.50. The molecule has 0 radical (unpaired) electrons. The smallest absolute Gasteiger partial charge is 0.376 e. The summed E-state index contributed by atoms with van der Waals surface area (Å²) < 4.78 is 6.38. The summed E-state index contributed by atoms with van der Waals surface area (Å²) in [6, 6.07) is 5.72. The number of hydrogen-bond donors (Lipinski definition) is 0. The van der Waals surface area contributed by atoms with Crippen molar-refractivity contribution < 1.29 is 14.3 Å². The van der Waals surface area contributed by atoms with Crippen LogP contribution in [-0.4, -0.2) is 38.6 Å². The minimum Gasteiger partial charge on any atom is -0.463 e. The quantitative estimate of drug-likeness (QED) is 0.541. The summed E-state index contributed by atoms with van der Waals surface area (Å²) in [6.45, 7) is 4.16. The fourth-order valence-corrected chi connectivity index (χ4v) is 2.53. The van der Waals surface area contributed by atoms with Crippen LogP contribution in [0.5, 0.6) is 0 Å². The number of ether oxygens (including phenoxy) is 1. The van der Waals surface area contributed by atoms with E-state index in [4.69, 9.17) is 0 Å². The Morgan fingerprint density at radius 2 is 1.88 bits per heavy atom. The van der Waals surface area contributed by atoms with E-state index in [0.29, 0.717) is 12.2 Å². The van der Waals surface area contributed by atoms with Gasteiger partial charge in [0.15, 0.2) is 5.78 Å². The monoisotopic (exact) mass is 324 g/mol. The van der Waals surface area contributed by atoms with Crippen LogP contribution >= 0.6 is 0 Å². The van der Waals surface area contributed by atoms with E-state index >= 15 is 0 Å². The highest BCUT2D eigenvalue weighted by atomic mass is 16.5. The van der Waals surface area contributed by atoms with Crippen molar-refractivity contribution in [2.75, 3.05) is 7.11 Å². The largest absolute Gasteiger partial charge is 0.463 e. The minimum atomic E-state index is -0.583. The number of aryl methyl sites for hydroxylation is 1. The molecule has 3 aromatic rings. The van der Waals surface area contributed by atoms with E-state index in [1.165, 1.54) is 14.0 Å². The highest BCUT2D eigenvalue weighted by Gasteiger charge is 2.15. The molecule has 7 heteroatoms. The van der Waals surface area contributed by atoms with Gasteiger partial charge in [-0.05, 0) is 24.6 Å². The molecule has 0 amide bonds. The molecule has 0 bridgehead atoms. The Hall–Kier alpha value is -3.09. The molecular formula is C17H16N4O3. The molecular weight excluding hydrogens is 308 g/mol. The Balaban J connectivity index is 2.09. The molecule has 0 N–H and O–H groups in total. The second-order valence-electron chi connectivity index (χ2n) is 5.24. The number of aromatic nitrogens is 4. The van der Waals surface area contributed by atoms with E-state index in [1.807, 2.05) is 25.1 Å². The molecule has 0 aliphatic carbocycles. The molecule has 2 aromatic heterocycles. The lowest BCUT2D eigenvalue weighted by atomic mass is 10.0. The number of methoxy groups -OCH3 is 1. The maximum atomic E-state index is 11.8. The van der Waals surface area contributed by atoms with Crippen molar-refractivity contribution in [2.24, 2.45) is 0 Å². The van der Waals surface area contributed by atoms with Crippen LogP contribution in [-0.2, 0) is 11.3 Å². The lowest BCUT2D eigenvalue weighted by molar-refractivity contribution is 0.0586. The molecule has 122 valence electrons. The average Bonchev–Trinajstić information content (AvgIpc) is 2.99. The standard InChI is InChI=1S/C17H16N4O3/c1-4-21-14-6-5-11(7-13(14)15(20-21)10(2)22)12-8-18-16(19-9-12)17(23)24-3/h5-9H,4H2,1-3H3. The normalized spacial score (nSPS) is 10.8. The third kappa shape index (κ3) is 2.64. The van der Waals surface area contributed by atoms with Crippen LogP contribution in [0.4, 0.5) is 0 Å². The molecule has 7 nitrogen and oxygen atoms in total. The van der Waals surface area contributed by atoms with E-state index in [9.17, 15) is 9.59 Å². The van der Waals surface area contributed by atoms with E-state index in [1.54, 1.807) is 17.1 Å². The Morgan fingerprint density at radius 3 is 2.46 bits per heavy atom. The molecule has 0 aliphatic rings. The Labute approximate surface area is 138 Å². The van der Waals surface area contributed by atoms with Gasteiger partial charge < -0.3 is 4.74 Å². The molecule has 0 atom stereocenters. The Morgan fingerprint density at radius 1 is 1.17 bits per heavy atom. The number of fused-ring (bicyclic) bond motifs is 1.